The largest absolute Gasteiger partial charge is 0.478 e. The minimum Gasteiger partial charge on any atom is -0.478 e. The number of anilines is 1. The van der Waals surface area contributed by atoms with Crippen LogP contribution in [0.2, 0.25) is 0 Å². The van der Waals surface area contributed by atoms with Gasteiger partial charge in [-0.3, -0.25) is 0 Å². The molecule has 1 saturated heterocycles. The predicted octanol–water partition coefficient (Wildman–Crippen LogP) is 2.45. The monoisotopic (exact) mass is 390 g/mol. The molecule has 1 heterocycles. The molecular weight excluding hydrogens is 368 g/mol. The van der Waals surface area contributed by atoms with Crippen molar-refractivity contribution in [2.75, 3.05) is 18.5 Å². The minimum atomic E-state index is -3.81. The first-order valence-corrected chi connectivity index (χ1v) is 10.2. The summed E-state index contributed by atoms with van der Waals surface area (Å²) >= 11 is 0. The summed E-state index contributed by atoms with van der Waals surface area (Å²) in [5, 5.41) is 12.5. The van der Waals surface area contributed by atoms with Crippen molar-refractivity contribution >= 4 is 21.7 Å². The molecule has 2 aromatic rings. The van der Waals surface area contributed by atoms with Gasteiger partial charge in [-0.05, 0) is 36.6 Å². The van der Waals surface area contributed by atoms with E-state index in [0.717, 1.165) is 18.4 Å². The van der Waals surface area contributed by atoms with Crippen LogP contribution in [0.4, 0.5) is 5.69 Å². The van der Waals surface area contributed by atoms with Gasteiger partial charge in [-0.2, -0.15) is 0 Å². The topological polar surface area (TPSA) is 105 Å². The molecule has 0 amide bonds. The predicted molar refractivity (Wildman–Crippen MR) is 101 cm³/mol. The summed E-state index contributed by atoms with van der Waals surface area (Å²) in [6, 6.07) is 13.6. The number of benzene rings is 2. The maximum absolute atomic E-state index is 12.5. The van der Waals surface area contributed by atoms with Gasteiger partial charge in [-0.15, -0.1) is 0 Å². The average Bonchev–Trinajstić information content (AvgIpc) is 3.19. The third-order valence-corrected chi connectivity index (χ3v) is 5.80. The van der Waals surface area contributed by atoms with Crippen LogP contribution in [0.15, 0.2) is 53.4 Å². The molecule has 0 unspecified atom stereocenters. The van der Waals surface area contributed by atoms with Gasteiger partial charge in [0.1, 0.15) is 0 Å². The van der Waals surface area contributed by atoms with Crippen molar-refractivity contribution < 1.29 is 23.1 Å². The highest BCUT2D eigenvalue weighted by Gasteiger charge is 2.22. The number of hydrogen-bond donors (Lipinski definition) is 3. The van der Waals surface area contributed by atoms with Crippen LogP contribution in [-0.4, -0.2) is 38.7 Å². The number of ether oxygens (including phenoxy) is 1. The highest BCUT2D eigenvalue weighted by Crippen LogP contribution is 2.22. The molecule has 1 fully saturated rings. The van der Waals surface area contributed by atoms with Gasteiger partial charge in [-0.1, -0.05) is 30.3 Å². The van der Waals surface area contributed by atoms with Crippen LogP contribution in [0.5, 0.6) is 0 Å². The van der Waals surface area contributed by atoms with Crippen molar-refractivity contribution in [2.45, 2.75) is 30.4 Å². The van der Waals surface area contributed by atoms with Crippen molar-refractivity contribution in [3.8, 4) is 0 Å². The van der Waals surface area contributed by atoms with E-state index in [1.165, 1.54) is 18.2 Å². The zero-order valence-corrected chi connectivity index (χ0v) is 15.5. The Labute approximate surface area is 158 Å². The van der Waals surface area contributed by atoms with E-state index in [9.17, 15) is 18.3 Å². The SMILES string of the molecule is O=C(O)c1cc(S(=O)(=O)NC[C@@H]2CCCO2)ccc1NCc1ccccc1. The fourth-order valence-corrected chi connectivity index (χ4v) is 4.00. The number of carboxylic acids is 1. The van der Waals surface area contributed by atoms with Crippen LogP contribution in [0.3, 0.4) is 0 Å². The zero-order chi connectivity index (χ0) is 19.3. The number of nitrogens with one attached hydrogen (secondary N) is 2. The van der Waals surface area contributed by atoms with Crippen LogP contribution in [0.1, 0.15) is 28.8 Å². The van der Waals surface area contributed by atoms with Gasteiger partial charge >= 0.3 is 5.97 Å². The maximum Gasteiger partial charge on any atom is 0.337 e. The first kappa shape index (κ1) is 19.3. The molecule has 3 rings (SSSR count). The van der Waals surface area contributed by atoms with E-state index in [1.54, 1.807) is 0 Å². The molecule has 1 aliphatic heterocycles. The minimum absolute atomic E-state index is 0.0804. The Morgan fingerprint density at radius 2 is 1.96 bits per heavy atom. The van der Waals surface area contributed by atoms with E-state index in [2.05, 4.69) is 10.0 Å². The van der Waals surface area contributed by atoms with Gasteiger partial charge in [0.05, 0.1) is 16.6 Å². The summed E-state index contributed by atoms with van der Waals surface area (Å²) in [6.07, 6.45) is 1.59. The number of rotatable bonds is 8. The van der Waals surface area contributed by atoms with Gasteiger partial charge in [0.2, 0.25) is 10.0 Å². The first-order valence-electron chi connectivity index (χ1n) is 8.72. The van der Waals surface area contributed by atoms with E-state index in [1.807, 2.05) is 30.3 Å². The molecule has 0 spiro atoms. The maximum atomic E-state index is 12.5. The highest BCUT2D eigenvalue weighted by molar-refractivity contribution is 7.89. The van der Waals surface area contributed by atoms with Crippen LogP contribution in [-0.2, 0) is 21.3 Å². The van der Waals surface area contributed by atoms with E-state index < -0.39 is 16.0 Å². The van der Waals surface area contributed by atoms with Crippen LogP contribution < -0.4 is 10.0 Å². The number of sulfonamides is 1. The van der Waals surface area contributed by atoms with Crippen LogP contribution in [0, 0.1) is 0 Å². The lowest BCUT2D eigenvalue weighted by Gasteiger charge is -2.14. The fourth-order valence-electron chi connectivity index (χ4n) is 2.91. The average molecular weight is 390 g/mol. The summed E-state index contributed by atoms with van der Waals surface area (Å²) in [6.45, 7) is 1.25. The van der Waals surface area contributed by atoms with Gasteiger partial charge in [0.15, 0.2) is 0 Å². The summed E-state index contributed by atoms with van der Waals surface area (Å²) in [5.41, 5.74) is 1.26. The Bertz CT molecular complexity index is 894. The second-order valence-corrected chi connectivity index (χ2v) is 8.11. The molecule has 0 saturated carbocycles. The molecule has 3 N–H and O–H groups in total. The Balaban J connectivity index is 1.74. The van der Waals surface area contributed by atoms with Gasteiger partial charge in [0, 0.05) is 25.4 Å². The summed E-state index contributed by atoms with van der Waals surface area (Å²) in [4.78, 5) is 11.5. The molecule has 0 aromatic heterocycles. The van der Waals surface area contributed by atoms with Crippen LogP contribution >= 0.6 is 0 Å². The first-order chi connectivity index (χ1) is 13.0. The number of carbonyl (C=O) groups is 1. The Morgan fingerprint density at radius 3 is 2.63 bits per heavy atom. The lowest BCUT2D eigenvalue weighted by Crippen LogP contribution is -2.32. The second-order valence-electron chi connectivity index (χ2n) is 6.34. The van der Waals surface area contributed by atoms with E-state index in [0.29, 0.717) is 18.8 Å². The lowest BCUT2D eigenvalue weighted by molar-refractivity contribution is 0.0697. The molecule has 0 bridgehead atoms. The van der Waals surface area contributed by atoms with Gasteiger partial charge in [-0.25, -0.2) is 17.9 Å². The summed E-state index contributed by atoms with van der Waals surface area (Å²) in [7, 11) is -3.81. The van der Waals surface area contributed by atoms with Crippen molar-refractivity contribution in [1.29, 1.82) is 0 Å². The number of hydrogen-bond acceptors (Lipinski definition) is 5. The fraction of sp³-hybridized carbons (Fsp3) is 0.316. The lowest BCUT2D eigenvalue weighted by atomic mass is 10.1. The Kier molecular flexibility index (Phi) is 6.10. The summed E-state index contributed by atoms with van der Waals surface area (Å²) < 4.78 is 32.9. The smallest absolute Gasteiger partial charge is 0.337 e. The van der Waals surface area contributed by atoms with Crippen molar-refractivity contribution in [1.82, 2.24) is 4.72 Å². The van der Waals surface area contributed by atoms with Crippen LogP contribution in [0.25, 0.3) is 0 Å². The molecule has 8 heteroatoms. The van der Waals surface area contributed by atoms with E-state index in [4.69, 9.17) is 4.74 Å². The van der Waals surface area contributed by atoms with Gasteiger partial charge < -0.3 is 15.2 Å². The van der Waals surface area contributed by atoms with E-state index >= 15 is 0 Å². The highest BCUT2D eigenvalue weighted by atomic mass is 32.2. The van der Waals surface area contributed by atoms with Crippen molar-refractivity contribution in [2.24, 2.45) is 0 Å². The Hall–Kier alpha value is -2.42. The zero-order valence-electron chi connectivity index (χ0n) is 14.7. The van der Waals surface area contributed by atoms with Crippen molar-refractivity contribution in [3.05, 3.63) is 59.7 Å². The summed E-state index contributed by atoms with van der Waals surface area (Å²) in [5.74, 6) is -1.19. The molecule has 0 aliphatic carbocycles. The quantitative estimate of drug-likeness (QED) is 0.640. The standard InChI is InChI=1S/C19H22N2O5S/c22-19(23)17-11-16(27(24,25)21-13-15-7-4-10-26-15)8-9-18(17)20-12-14-5-2-1-3-6-14/h1-3,5-6,8-9,11,15,20-21H,4,7,10,12-13H2,(H,22,23)/t15-/m0/s1. The molecule has 0 radical (unpaired) electrons. The third kappa shape index (κ3) is 5.06. The normalized spacial score (nSPS) is 17.0. The molecular formula is C19H22N2O5S. The van der Waals surface area contributed by atoms with Gasteiger partial charge in [0.25, 0.3) is 0 Å². The number of aromatic carboxylic acids is 1. The molecule has 144 valence electrons. The Morgan fingerprint density at radius 1 is 1.19 bits per heavy atom. The second kappa shape index (κ2) is 8.51. The molecule has 2 aromatic carbocycles. The third-order valence-electron chi connectivity index (χ3n) is 4.38. The number of carboxylic acid groups (broad SMARTS) is 1. The van der Waals surface area contributed by atoms with Crippen molar-refractivity contribution in [3.63, 3.8) is 0 Å². The van der Waals surface area contributed by atoms with E-state index in [-0.39, 0.29) is 23.1 Å². The molecule has 1 aliphatic rings. The molecule has 1 atom stereocenters. The molecule has 7 nitrogen and oxygen atoms in total. The molecule has 27 heavy (non-hydrogen) atoms.